The number of rotatable bonds is 2. The van der Waals surface area contributed by atoms with E-state index in [1.165, 1.54) is 0 Å². The molecule has 5 heteroatoms. The molecule has 10 heavy (non-hydrogen) atoms. The van der Waals surface area contributed by atoms with E-state index < -0.39 is 25.7 Å². The molecule has 1 rings (SSSR count). The van der Waals surface area contributed by atoms with E-state index in [0.29, 0.717) is 0 Å². The maximum Gasteiger partial charge on any atom is 0.412 e. The number of amides is 1. The van der Waals surface area contributed by atoms with Crippen molar-refractivity contribution < 1.29 is 18.3 Å². The van der Waals surface area contributed by atoms with Crippen molar-refractivity contribution >= 4 is 6.09 Å². The Morgan fingerprint density at radius 1 is 1.70 bits per heavy atom. The largest absolute Gasteiger partial charge is 0.441 e. The highest BCUT2D eigenvalue weighted by Gasteiger charge is 2.30. The van der Waals surface area contributed by atoms with Gasteiger partial charge >= 0.3 is 6.09 Å². The van der Waals surface area contributed by atoms with Crippen LogP contribution in [0.3, 0.4) is 0 Å². The van der Waals surface area contributed by atoms with E-state index in [-0.39, 0.29) is 6.54 Å². The zero-order chi connectivity index (χ0) is 7.56. The molecule has 1 heterocycles. The van der Waals surface area contributed by atoms with Crippen LogP contribution in [-0.2, 0) is 4.74 Å². The van der Waals surface area contributed by atoms with Crippen molar-refractivity contribution in [3.63, 3.8) is 0 Å². The van der Waals surface area contributed by atoms with Gasteiger partial charge in [-0.05, 0) is 0 Å². The lowest BCUT2D eigenvalue weighted by Gasteiger charge is -2.03. The fraction of sp³-hybridized carbons (Fsp3) is 0.800. The number of nitrogens with zero attached hydrogens (tertiary/aromatic N) is 1. The summed E-state index contributed by atoms with van der Waals surface area (Å²) in [4.78, 5) is 11.3. The van der Waals surface area contributed by atoms with Gasteiger partial charge in [-0.15, -0.1) is 0 Å². The zero-order valence-electron chi connectivity index (χ0n) is 5.22. The lowest BCUT2D eigenvalue weighted by atomic mass is 10.4. The first-order chi connectivity index (χ1) is 4.77. The number of hydrogen-bond acceptors (Lipinski definition) is 2. The molecule has 1 unspecified atom stereocenters. The van der Waals surface area contributed by atoms with Gasteiger partial charge in [0.2, 0.25) is 0 Å². The first-order valence-corrected chi connectivity index (χ1v) is 2.85. The number of carbonyl (C=O) groups excluding carboxylic acids is 1. The summed E-state index contributed by atoms with van der Waals surface area (Å²) < 4.78 is 27.9. The van der Waals surface area contributed by atoms with E-state index in [2.05, 4.69) is 4.74 Å². The molecule has 0 aromatic carbocycles. The highest BCUT2D eigenvalue weighted by molar-refractivity contribution is 5.69. The van der Waals surface area contributed by atoms with Crippen LogP contribution in [0.2, 0.25) is 0 Å². The van der Waals surface area contributed by atoms with Crippen molar-refractivity contribution in [2.24, 2.45) is 0 Å². The molecule has 1 saturated heterocycles. The predicted octanol–water partition coefficient (Wildman–Crippen LogP) is 0.704. The molecule has 0 N–H and O–H groups in total. The third kappa shape index (κ3) is 1.17. The van der Waals surface area contributed by atoms with Gasteiger partial charge in [-0.1, -0.05) is 0 Å². The second-order valence-electron chi connectivity index (χ2n) is 2.00. The molecular weight excluding hydrogens is 144 g/mol. The van der Waals surface area contributed by atoms with E-state index in [1.807, 2.05) is 0 Å². The number of halogens is 2. The first kappa shape index (κ1) is 7.24. The Hall–Kier alpha value is -0.870. The van der Waals surface area contributed by atoms with Crippen LogP contribution in [0.4, 0.5) is 13.6 Å². The topological polar surface area (TPSA) is 29.5 Å². The number of cyclic esters (lactones) is 1. The molecule has 58 valence electrons. The Kier molecular flexibility index (Phi) is 2.03. The van der Waals surface area contributed by atoms with Crippen LogP contribution >= 0.6 is 0 Å². The fourth-order valence-corrected chi connectivity index (χ4v) is 0.753. The van der Waals surface area contributed by atoms with Crippen molar-refractivity contribution in [2.45, 2.75) is 6.10 Å². The molecule has 1 atom stereocenters. The fourth-order valence-electron chi connectivity index (χ4n) is 0.753. The number of alkyl halides is 2. The number of carbonyl (C=O) groups is 1. The molecule has 0 bridgehead atoms. The van der Waals surface area contributed by atoms with Gasteiger partial charge in [-0.25, -0.2) is 13.6 Å². The highest BCUT2D eigenvalue weighted by atomic mass is 19.1. The molecule has 0 aromatic heterocycles. The average Bonchev–Trinajstić information content (AvgIpc) is 2.30. The minimum Gasteiger partial charge on any atom is -0.441 e. The SMILES string of the molecule is O=C1OC(CF)CN1CF. The minimum absolute atomic E-state index is 0.0197. The van der Waals surface area contributed by atoms with E-state index in [0.717, 1.165) is 4.90 Å². The van der Waals surface area contributed by atoms with Crippen LogP contribution in [0.15, 0.2) is 0 Å². The molecule has 0 aromatic rings. The quantitative estimate of drug-likeness (QED) is 0.544. The van der Waals surface area contributed by atoms with Gasteiger partial charge in [-0.3, -0.25) is 4.90 Å². The maximum atomic E-state index is 11.8. The molecule has 1 fully saturated rings. The Bertz CT molecular complexity index is 142. The Morgan fingerprint density at radius 2 is 2.40 bits per heavy atom. The van der Waals surface area contributed by atoms with Crippen molar-refractivity contribution in [3.8, 4) is 0 Å². The number of hydrogen-bond donors (Lipinski definition) is 0. The summed E-state index contributed by atoms with van der Waals surface area (Å²) in [6.45, 7) is -1.64. The van der Waals surface area contributed by atoms with Crippen LogP contribution in [0.25, 0.3) is 0 Å². The predicted molar refractivity (Wildman–Crippen MR) is 28.9 cm³/mol. The molecular formula is C5H7F2NO2. The molecule has 0 aliphatic carbocycles. The average molecular weight is 151 g/mol. The minimum atomic E-state index is -0.907. The lowest BCUT2D eigenvalue weighted by molar-refractivity contribution is 0.116. The van der Waals surface area contributed by atoms with Crippen molar-refractivity contribution in [3.05, 3.63) is 0 Å². The lowest BCUT2D eigenvalue weighted by Crippen LogP contribution is -2.24. The summed E-state index contributed by atoms with van der Waals surface area (Å²) in [7, 11) is 0. The van der Waals surface area contributed by atoms with Crippen molar-refractivity contribution in [1.82, 2.24) is 4.90 Å². The maximum absolute atomic E-state index is 11.8. The summed E-state index contributed by atoms with van der Waals surface area (Å²) in [6, 6.07) is 0. The van der Waals surface area contributed by atoms with Gasteiger partial charge < -0.3 is 4.74 Å². The van der Waals surface area contributed by atoms with Crippen molar-refractivity contribution in [1.29, 1.82) is 0 Å². The van der Waals surface area contributed by atoms with Crippen LogP contribution in [-0.4, -0.2) is 37.1 Å². The second-order valence-corrected chi connectivity index (χ2v) is 2.00. The van der Waals surface area contributed by atoms with Gasteiger partial charge in [0.1, 0.15) is 12.8 Å². The first-order valence-electron chi connectivity index (χ1n) is 2.85. The van der Waals surface area contributed by atoms with Gasteiger partial charge in [-0.2, -0.15) is 0 Å². The molecule has 0 saturated carbocycles. The third-order valence-corrected chi connectivity index (χ3v) is 1.27. The van der Waals surface area contributed by atoms with Crippen LogP contribution in [0.1, 0.15) is 0 Å². The van der Waals surface area contributed by atoms with Crippen LogP contribution in [0.5, 0.6) is 0 Å². The van der Waals surface area contributed by atoms with Gasteiger partial charge in [0, 0.05) is 0 Å². The smallest absolute Gasteiger partial charge is 0.412 e. The molecule has 0 radical (unpaired) electrons. The van der Waals surface area contributed by atoms with E-state index >= 15 is 0 Å². The van der Waals surface area contributed by atoms with Gasteiger partial charge in [0.05, 0.1) is 6.54 Å². The highest BCUT2D eigenvalue weighted by Crippen LogP contribution is 2.10. The summed E-state index contributed by atoms with van der Waals surface area (Å²) in [5, 5.41) is 0. The Morgan fingerprint density at radius 3 is 2.70 bits per heavy atom. The van der Waals surface area contributed by atoms with E-state index in [9.17, 15) is 13.6 Å². The zero-order valence-corrected chi connectivity index (χ0v) is 5.22. The summed E-state index contributed by atoms with van der Waals surface area (Å²) in [5.74, 6) is 0. The normalized spacial score (nSPS) is 25.2. The van der Waals surface area contributed by atoms with Crippen LogP contribution in [0, 0.1) is 0 Å². The number of ether oxygens (including phenoxy) is 1. The monoisotopic (exact) mass is 151 g/mol. The van der Waals surface area contributed by atoms with Gasteiger partial charge in [0.25, 0.3) is 0 Å². The summed E-state index contributed by atoms with van der Waals surface area (Å²) in [6.07, 6.45) is -1.55. The Balaban J connectivity index is 2.44. The summed E-state index contributed by atoms with van der Waals surface area (Å²) in [5.41, 5.74) is 0. The van der Waals surface area contributed by atoms with E-state index in [4.69, 9.17) is 0 Å². The van der Waals surface area contributed by atoms with Gasteiger partial charge in [0.15, 0.2) is 6.80 Å². The summed E-state index contributed by atoms with van der Waals surface area (Å²) >= 11 is 0. The third-order valence-electron chi connectivity index (χ3n) is 1.27. The molecule has 1 amide bonds. The standard InChI is InChI=1S/C5H7F2NO2/c6-1-4-2-8(3-7)5(9)10-4/h4H,1-3H2. The Labute approximate surface area is 56.6 Å². The second kappa shape index (κ2) is 2.81. The van der Waals surface area contributed by atoms with E-state index in [1.54, 1.807) is 0 Å². The van der Waals surface area contributed by atoms with Crippen molar-refractivity contribution in [2.75, 3.05) is 20.0 Å². The molecule has 1 aliphatic rings. The molecule has 0 spiro atoms. The molecule has 3 nitrogen and oxygen atoms in total. The van der Waals surface area contributed by atoms with Crippen LogP contribution < -0.4 is 0 Å². The molecule has 1 aliphatic heterocycles.